The molecule has 5 nitrogen and oxygen atoms in total. The van der Waals surface area contributed by atoms with E-state index in [0.717, 1.165) is 38.7 Å². The summed E-state index contributed by atoms with van der Waals surface area (Å²) in [6, 6.07) is 17.5. The quantitative estimate of drug-likeness (QED) is 0.400. The highest BCUT2D eigenvalue weighted by atomic mass is 35.5. The Hall–Kier alpha value is -3.18. The minimum atomic E-state index is -0.221. The van der Waals surface area contributed by atoms with Crippen LogP contribution in [0.1, 0.15) is 29.2 Å². The number of hydrogen-bond acceptors (Lipinski definition) is 4. The summed E-state index contributed by atoms with van der Waals surface area (Å²) in [4.78, 5) is 12.4. The minimum absolute atomic E-state index is 0.104. The highest BCUT2D eigenvalue weighted by Gasteiger charge is 2.11. The first-order valence-corrected chi connectivity index (χ1v) is 11.0. The summed E-state index contributed by atoms with van der Waals surface area (Å²) in [5.41, 5.74) is 5.96. The fourth-order valence-corrected chi connectivity index (χ4v) is 3.42. The molecule has 3 aromatic rings. The van der Waals surface area contributed by atoms with Crippen LogP contribution in [0.5, 0.6) is 11.5 Å². The van der Waals surface area contributed by atoms with Crippen LogP contribution in [-0.2, 0) is 11.3 Å². The number of carbonyl (C=O) groups is 1. The van der Waals surface area contributed by atoms with Crippen molar-refractivity contribution in [2.75, 3.05) is 23.8 Å². The lowest BCUT2D eigenvalue weighted by Crippen LogP contribution is -2.21. The molecule has 168 valence electrons. The molecule has 32 heavy (non-hydrogen) atoms. The van der Waals surface area contributed by atoms with Gasteiger partial charge in [-0.05, 0) is 74.7 Å². The van der Waals surface area contributed by atoms with Gasteiger partial charge in [0.15, 0.2) is 18.1 Å². The van der Waals surface area contributed by atoms with E-state index in [2.05, 4.69) is 10.6 Å². The molecule has 3 rings (SSSR count). The molecule has 6 heteroatoms. The summed E-state index contributed by atoms with van der Waals surface area (Å²) in [6.45, 7) is 8.87. The molecule has 0 radical (unpaired) electrons. The summed E-state index contributed by atoms with van der Waals surface area (Å²) >= 11 is 6.20. The Morgan fingerprint density at radius 3 is 2.44 bits per heavy atom. The number of benzene rings is 3. The third kappa shape index (κ3) is 6.41. The second kappa shape index (κ2) is 10.9. The fourth-order valence-electron chi connectivity index (χ4n) is 3.24. The Morgan fingerprint density at radius 2 is 1.72 bits per heavy atom. The van der Waals surface area contributed by atoms with Crippen LogP contribution in [0.3, 0.4) is 0 Å². The Bertz CT molecular complexity index is 1100. The van der Waals surface area contributed by atoms with Gasteiger partial charge in [0.2, 0.25) is 0 Å². The second-order valence-electron chi connectivity index (χ2n) is 7.69. The molecule has 0 atom stereocenters. The molecule has 0 fully saturated rings. The molecule has 3 aromatic carbocycles. The van der Waals surface area contributed by atoms with Gasteiger partial charge >= 0.3 is 0 Å². The number of amides is 1. The van der Waals surface area contributed by atoms with E-state index in [1.807, 2.05) is 82.3 Å². The molecule has 0 aromatic heterocycles. The second-order valence-corrected chi connectivity index (χ2v) is 8.09. The maximum Gasteiger partial charge on any atom is 0.262 e. The van der Waals surface area contributed by atoms with Gasteiger partial charge < -0.3 is 20.1 Å². The fraction of sp³-hybridized carbons (Fsp3) is 0.269. The van der Waals surface area contributed by atoms with Crippen molar-refractivity contribution in [2.45, 2.75) is 34.2 Å². The molecular formula is C26H29ClN2O3. The van der Waals surface area contributed by atoms with E-state index in [1.54, 1.807) is 0 Å². The number of halogens is 1. The van der Waals surface area contributed by atoms with Gasteiger partial charge in [-0.2, -0.15) is 0 Å². The van der Waals surface area contributed by atoms with Crippen LogP contribution in [0.4, 0.5) is 11.4 Å². The van der Waals surface area contributed by atoms with Gasteiger partial charge in [-0.25, -0.2) is 0 Å². The molecular weight excluding hydrogens is 424 g/mol. The number of aryl methyl sites for hydroxylation is 3. The third-order valence-corrected chi connectivity index (χ3v) is 5.40. The van der Waals surface area contributed by atoms with Gasteiger partial charge in [0, 0.05) is 22.9 Å². The predicted molar refractivity (Wildman–Crippen MR) is 131 cm³/mol. The Morgan fingerprint density at radius 1 is 0.906 bits per heavy atom. The molecule has 0 saturated heterocycles. The lowest BCUT2D eigenvalue weighted by atomic mass is 10.1. The summed E-state index contributed by atoms with van der Waals surface area (Å²) in [5.74, 6) is 0.916. The molecule has 0 aliphatic rings. The molecule has 1 amide bonds. The van der Waals surface area contributed by atoms with E-state index in [-0.39, 0.29) is 12.5 Å². The van der Waals surface area contributed by atoms with Crippen LogP contribution < -0.4 is 20.1 Å². The number of hydrogen-bond donors (Lipinski definition) is 2. The van der Waals surface area contributed by atoms with Crippen molar-refractivity contribution in [2.24, 2.45) is 0 Å². The van der Waals surface area contributed by atoms with Crippen LogP contribution in [0.15, 0.2) is 54.6 Å². The van der Waals surface area contributed by atoms with Gasteiger partial charge in [0.25, 0.3) is 5.91 Å². The number of anilines is 2. The summed E-state index contributed by atoms with van der Waals surface area (Å²) < 4.78 is 11.5. The van der Waals surface area contributed by atoms with Crippen LogP contribution in [-0.4, -0.2) is 19.1 Å². The summed E-state index contributed by atoms with van der Waals surface area (Å²) in [6.07, 6.45) is 0. The van der Waals surface area contributed by atoms with E-state index >= 15 is 0 Å². The summed E-state index contributed by atoms with van der Waals surface area (Å²) in [5, 5.41) is 6.98. The van der Waals surface area contributed by atoms with Crippen molar-refractivity contribution < 1.29 is 14.3 Å². The molecule has 0 saturated carbocycles. The topological polar surface area (TPSA) is 59.6 Å². The average molecular weight is 453 g/mol. The normalized spacial score (nSPS) is 10.5. The van der Waals surface area contributed by atoms with Gasteiger partial charge in [0.05, 0.1) is 6.61 Å². The zero-order chi connectivity index (χ0) is 23.1. The van der Waals surface area contributed by atoms with Crippen LogP contribution in [0.25, 0.3) is 0 Å². The largest absolute Gasteiger partial charge is 0.490 e. The molecule has 0 spiro atoms. The van der Waals surface area contributed by atoms with Crippen molar-refractivity contribution in [1.82, 2.24) is 0 Å². The average Bonchev–Trinajstić information content (AvgIpc) is 2.76. The first kappa shape index (κ1) is 23.5. The minimum Gasteiger partial charge on any atom is -0.490 e. The third-order valence-electron chi connectivity index (χ3n) is 4.99. The molecule has 0 unspecified atom stereocenters. The van der Waals surface area contributed by atoms with E-state index in [4.69, 9.17) is 21.1 Å². The van der Waals surface area contributed by atoms with Crippen molar-refractivity contribution in [3.8, 4) is 11.5 Å². The monoisotopic (exact) mass is 452 g/mol. The first-order valence-electron chi connectivity index (χ1n) is 10.6. The Kier molecular flexibility index (Phi) is 8.01. The number of carbonyl (C=O) groups excluding carboxylic acids is 1. The predicted octanol–water partition coefficient (Wildman–Crippen LogP) is 6.29. The zero-order valence-corrected chi connectivity index (χ0v) is 19.7. The standard InChI is InChI=1S/C26H29ClN2O3/c1-5-31-25-13-20(15-28-21-9-7-18(3)22(27)14-21)8-11-24(25)32-16-26(30)29-23-10-6-17(2)12-19(23)4/h6-14,28H,5,15-16H2,1-4H3,(H,29,30). The lowest BCUT2D eigenvalue weighted by molar-refractivity contribution is -0.118. The molecule has 0 heterocycles. The smallest absolute Gasteiger partial charge is 0.262 e. The number of rotatable bonds is 9. The van der Waals surface area contributed by atoms with E-state index in [1.165, 1.54) is 0 Å². The first-order chi connectivity index (χ1) is 15.4. The Labute approximate surface area is 194 Å². The number of ether oxygens (including phenoxy) is 2. The van der Waals surface area contributed by atoms with Crippen molar-refractivity contribution in [1.29, 1.82) is 0 Å². The molecule has 0 aliphatic heterocycles. The summed E-state index contributed by atoms with van der Waals surface area (Å²) in [7, 11) is 0. The molecule has 2 N–H and O–H groups in total. The van der Waals surface area contributed by atoms with Crippen molar-refractivity contribution >= 4 is 28.9 Å². The molecule has 0 bridgehead atoms. The molecule has 0 aliphatic carbocycles. The number of nitrogens with one attached hydrogen (secondary N) is 2. The van der Waals surface area contributed by atoms with Crippen molar-refractivity contribution in [3.63, 3.8) is 0 Å². The van der Waals surface area contributed by atoms with Crippen LogP contribution in [0.2, 0.25) is 5.02 Å². The van der Waals surface area contributed by atoms with Gasteiger partial charge in [-0.3, -0.25) is 4.79 Å². The lowest BCUT2D eigenvalue weighted by Gasteiger charge is -2.15. The van der Waals surface area contributed by atoms with Crippen LogP contribution >= 0.6 is 11.6 Å². The highest BCUT2D eigenvalue weighted by Crippen LogP contribution is 2.29. The van der Waals surface area contributed by atoms with Gasteiger partial charge in [-0.15, -0.1) is 0 Å². The van der Waals surface area contributed by atoms with Gasteiger partial charge in [0.1, 0.15) is 0 Å². The van der Waals surface area contributed by atoms with Gasteiger partial charge in [-0.1, -0.05) is 41.4 Å². The highest BCUT2D eigenvalue weighted by molar-refractivity contribution is 6.31. The van der Waals surface area contributed by atoms with E-state index < -0.39 is 0 Å². The maximum atomic E-state index is 12.4. The van der Waals surface area contributed by atoms with Crippen molar-refractivity contribution in [3.05, 3.63) is 81.9 Å². The van der Waals surface area contributed by atoms with Crippen LogP contribution in [0, 0.1) is 20.8 Å². The van der Waals surface area contributed by atoms with E-state index in [9.17, 15) is 4.79 Å². The van der Waals surface area contributed by atoms with E-state index in [0.29, 0.717) is 24.7 Å². The maximum absolute atomic E-state index is 12.4. The zero-order valence-electron chi connectivity index (χ0n) is 18.9. The Balaban J connectivity index is 1.62. The SMILES string of the molecule is CCOc1cc(CNc2ccc(C)c(Cl)c2)ccc1OCC(=O)Nc1ccc(C)cc1C.